The van der Waals surface area contributed by atoms with Crippen LogP contribution in [0.1, 0.15) is 16.5 Å². The molecule has 1 atom stereocenters. The van der Waals surface area contributed by atoms with Crippen LogP contribution >= 0.6 is 11.3 Å². The van der Waals surface area contributed by atoms with E-state index in [1.165, 1.54) is 23.5 Å². The first-order chi connectivity index (χ1) is 13.4. The molecule has 1 aromatic heterocycles. The fraction of sp³-hybridized carbons (Fsp3) is 0.105. The van der Waals surface area contributed by atoms with Crippen molar-refractivity contribution in [3.63, 3.8) is 0 Å². The Morgan fingerprint density at radius 2 is 1.93 bits per heavy atom. The largest absolute Gasteiger partial charge is 0.481 e. The first-order valence-electron chi connectivity index (χ1n) is 8.09. The van der Waals surface area contributed by atoms with Gasteiger partial charge in [-0.2, -0.15) is 0 Å². The predicted molar refractivity (Wildman–Crippen MR) is 99.3 cm³/mol. The van der Waals surface area contributed by atoms with Crippen molar-refractivity contribution < 1.29 is 23.2 Å². The fourth-order valence-electron chi connectivity index (χ4n) is 2.50. The van der Waals surface area contributed by atoms with Crippen molar-refractivity contribution in [1.82, 2.24) is 5.32 Å². The Morgan fingerprint density at radius 3 is 2.54 bits per heavy atom. The van der Waals surface area contributed by atoms with Crippen LogP contribution in [0.3, 0.4) is 0 Å². The van der Waals surface area contributed by atoms with Crippen LogP contribution in [0.25, 0.3) is 0 Å². The summed E-state index contributed by atoms with van der Waals surface area (Å²) in [5.74, 6) is -2.12. The van der Waals surface area contributed by atoms with E-state index < -0.39 is 40.8 Å². The number of thiophene rings is 1. The minimum atomic E-state index is -0.935. The average molecular weight is 404 g/mol. The summed E-state index contributed by atoms with van der Waals surface area (Å²) in [5.41, 5.74) is 0.266. The Morgan fingerprint density at radius 1 is 1.18 bits per heavy atom. The summed E-state index contributed by atoms with van der Waals surface area (Å²) in [4.78, 5) is 23.1. The van der Waals surface area contributed by atoms with Gasteiger partial charge in [-0.05, 0) is 35.2 Å². The number of non-ortho nitro benzene ring substituents is 1. The number of ether oxygens (including phenoxy) is 1. The van der Waals surface area contributed by atoms with Gasteiger partial charge in [0.05, 0.1) is 17.0 Å². The number of amides is 1. The second-order valence-electron chi connectivity index (χ2n) is 5.73. The summed E-state index contributed by atoms with van der Waals surface area (Å²) in [6, 6.07) is 11.8. The number of nitro benzene ring substituents is 1. The van der Waals surface area contributed by atoms with Gasteiger partial charge in [-0.1, -0.05) is 18.2 Å². The molecule has 6 nitrogen and oxygen atoms in total. The lowest BCUT2D eigenvalue weighted by Crippen LogP contribution is -2.33. The molecule has 28 heavy (non-hydrogen) atoms. The van der Waals surface area contributed by atoms with E-state index in [1.807, 2.05) is 17.5 Å². The van der Waals surface area contributed by atoms with Crippen molar-refractivity contribution in [2.75, 3.05) is 6.61 Å². The van der Waals surface area contributed by atoms with Gasteiger partial charge in [-0.25, -0.2) is 8.78 Å². The molecule has 3 aromatic rings. The van der Waals surface area contributed by atoms with Crippen molar-refractivity contribution in [3.05, 3.63) is 92.2 Å². The number of halogens is 2. The lowest BCUT2D eigenvalue weighted by Gasteiger charge is -2.18. The van der Waals surface area contributed by atoms with Gasteiger partial charge >= 0.3 is 0 Å². The standard InChI is InChI=1S/C19H14F2N2O4S/c20-13-5-3-12(4-6-13)19(17-2-1-9-28-17)22-18(24)11-27-16-8-7-14(23(25)26)10-15(16)21/h1-10,19H,11H2,(H,22,24). The third-order valence-corrected chi connectivity index (χ3v) is 4.76. The van der Waals surface area contributed by atoms with Crippen LogP contribution in [0.15, 0.2) is 60.0 Å². The first kappa shape index (κ1) is 19.4. The minimum absolute atomic E-state index is 0.268. The van der Waals surface area contributed by atoms with Crippen LogP contribution in [0.5, 0.6) is 5.75 Å². The van der Waals surface area contributed by atoms with E-state index in [0.29, 0.717) is 5.56 Å². The first-order valence-corrected chi connectivity index (χ1v) is 8.97. The molecule has 0 saturated carbocycles. The van der Waals surface area contributed by atoms with Crippen LogP contribution < -0.4 is 10.1 Å². The molecule has 0 spiro atoms. The van der Waals surface area contributed by atoms with Crippen LogP contribution in [0.2, 0.25) is 0 Å². The maximum absolute atomic E-state index is 13.9. The van der Waals surface area contributed by atoms with Crippen LogP contribution in [0.4, 0.5) is 14.5 Å². The highest BCUT2D eigenvalue weighted by Gasteiger charge is 2.19. The van der Waals surface area contributed by atoms with E-state index in [-0.39, 0.29) is 5.75 Å². The number of carbonyl (C=O) groups excluding carboxylic acids is 1. The van der Waals surface area contributed by atoms with E-state index in [1.54, 1.807) is 12.1 Å². The molecule has 2 aromatic carbocycles. The maximum atomic E-state index is 13.9. The second kappa shape index (κ2) is 8.57. The molecule has 0 aliphatic rings. The molecule has 0 aliphatic heterocycles. The van der Waals surface area contributed by atoms with E-state index in [9.17, 15) is 23.7 Å². The number of nitrogens with one attached hydrogen (secondary N) is 1. The highest BCUT2D eigenvalue weighted by Crippen LogP contribution is 2.26. The molecule has 9 heteroatoms. The monoisotopic (exact) mass is 404 g/mol. The zero-order chi connectivity index (χ0) is 20.1. The summed E-state index contributed by atoms with van der Waals surface area (Å²) in [6.45, 7) is -0.488. The van der Waals surface area contributed by atoms with Gasteiger partial charge in [0.1, 0.15) is 5.82 Å². The SMILES string of the molecule is O=C(COc1ccc([N+](=O)[O-])cc1F)NC(c1ccc(F)cc1)c1cccs1. The molecule has 1 N–H and O–H groups in total. The van der Waals surface area contributed by atoms with Crippen LogP contribution in [-0.4, -0.2) is 17.4 Å². The van der Waals surface area contributed by atoms with Gasteiger partial charge in [0, 0.05) is 10.9 Å². The molecular formula is C19H14F2N2O4S. The zero-order valence-electron chi connectivity index (χ0n) is 14.3. The van der Waals surface area contributed by atoms with Gasteiger partial charge in [0.2, 0.25) is 0 Å². The molecule has 0 bridgehead atoms. The third-order valence-electron chi connectivity index (χ3n) is 3.82. The van der Waals surface area contributed by atoms with Gasteiger partial charge in [-0.3, -0.25) is 14.9 Å². The molecule has 1 amide bonds. The van der Waals surface area contributed by atoms with Gasteiger partial charge in [-0.15, -0.1) is 11.3 Å². The van der Waals surface area contributed by atoms with Crippen molar-refractivity contribution in [2.45, 2.75) is 6.04 Å². The second-order valence-corrected chi connectivity index (χ2v) is 6.71. The minimum Gasteiger partial charge on any atom is -0.481 e. The molecule has 1 unspecified atom stereocenters. The lowest BCUT2D eigenvalue weighted by atomic mass is 10.1. The number of rotatable bonds is 7. The van der Waals surface area contributed by atoms with Crippen LogP contribution in [-0.2, 0) is 4.79 Å². The molecular weight excluding hydrogens is 390 g/mol. The smallest absolute Gasteiger partial charge is 0.272 e. The zero-order valence-corrected chi connectivity index (χ0v) is 15.1. The Kier molecular flexibility index (Phi) is 5.95. The van der Waals surface area contributed by atoms with Crippen molar-refractivity contribution in [2.24, 2.45) is 0 Å². The van der Waals surface area contributed by atoms with Crippen LogP contribution in [0, 0.1) is 21.7 Å². The van der Waals surface area contributed by atoms with Crippen molar-refractivity contribution >= 4 is 22.9 Å². The molecule has 0 aliphatic carbocycles. The predicted octanol–water partition coefficient (Wildman–Crippen LogP) is 4.22. The number of hydrogen-bond acceptors (Lipinski definition) is 5. The van der Waals surface area contributed by atoms with Gasteiger partial charge in [0.25, 0.3) is 11.6 Å². The number of carbonyl (C=O) groups is 1. The van der Waals surface area contributed by atoms with E-state index in [4.69, 9.17) is 4.74 Å². The highest BCUT2D eigenvalue weighted by molar-refractivity contribution is 7.10. The average Bonchev–Trinajstić information content (AvgIpc) is 3.20. The fourth-order valence-corrected chi connectivity index (χ4v) is 3.30. The maximum Gasteiger partial charge on any atom is 0.272 e. The van der Waals surface area contributed by atoms with Crippen molar-refractivity contribution in [1.29, 1.82) is 0 Å². The molecule has 0 saturated heterocycles. The van der Waals surface area contributed by atoms with E-state index in [2.05, 4.69) is 5.32 Å². The van der Waals surface area contributed by atoms with E-state index >= 15 is 0 Å². The Balaban J connectivity index is 1.69. The van der Waals surface area contributed by atoms with Gasteiger partial charge < -0.3 is 10.1 Å². The van der Waals surface area contributed by atoms with E-state index in [0.717, 1.165) is 23.1 Å². The summed E-state index contributed by atoms with van der Waals surface area (Å²) in [7, 11) is 0. The summed E-state index contributed by atoms with van der Waals surface area (Å²) in [6.07, 6.45) is 0. The number of nitro groups is 1. The molecule has 3 rings (SSSR count). The Hall–Kier alpha value is -3.33. The highest BCUT2D eigenvalue weighted by atomic mass is 32.1. The summed E-state index contributed by atoms with van der Waals surface area (Å²) < 4.78 is 32.2. The number of benzene rings is 2. The molecule has 0 radical (unpaired) electrons. The number of hydrogen-bond donors (Lipinski definition) is 1. The normalized spacial score (nSPS) is 11.6. The summed E-state index contributed by atoms with van der Waals surface area (Å²) >= 11 is 1.42. The topological polar surface area (TPSA) is 81.5 Å². The summed E-state index contributed by atoms with van der Waals surface area (Å²) in [5, 5.41) is 15.2. The molecule has 1 heterocycles. The molecule has 144 valence electrons. The quantitative estimate of drug-likeness (QED) is 0.472. The molecule has 0 fully saturated rings. The van der Waals surface area contributed by atoms with Gasteiger partial charge in [0.15, 0.2) is 18.2 Å². The lowest BCUT2D eigenvalue weighted by molar-refractivity contribution is -0.385. The Labute approximate surface area is 162 Å². The van der Waals surface area contributed by atoms with Crippen molar-refractivity contribution in [3.8, 4) is 5.75 Å². The number of nitrogens with zero attached hydrogens (tertiary/aromatic N) is 1. The Bertz CT molecular complexity index is 978. The third kappa shape index (κ3) is 4.68.